The van der Waals surface area contributed by atoms with Crippen LogP contribution in [0.25, 0.3) is 0 Å². The van der Waals surface area contributed by atoms with Gasteiger partial charge in [-0.05, 0) is 43.5 Å². The molecule has 22 heavy (non-hydrogen) atoms. The van der Waals surface area contributed by atoms with E-state index >= 15 is 0 Å². The van der Waals surface area contributed by atoms with E-state index in [1.54, 1.807) is 19.1 Å². The van der Waals surface area contributed by atoms with E-state index in [4.69, 9.17) is 9.47 Å². The highest BCUT2D eigenvalue weighted by atomic mass is 16.6. The van der Waals surface area contributed by atoms with Gasteiger partial charge < -0.3 is 14.8 Å². The first-order chi connectivity index (χ1) is 10.6. The Balaban J connectivity index is 1.87. The van der Waals surface area contributed by atoms with Gasteiger partial charge in [-0.15, -0.1) is 0 Å². The maximum Gasteiger partial charge on any atom is 0.347 e. The second-order valence-electron chi connectivity index (χ2n) is 5.50. The molecule has 1 aliphatic rings. The number of esters is 1. The van der Waals surface area contributed by atoms with Gasteiger partial charge in [0, 0.05) is 12.1 Å². The average Bonchev–Trinajstić information content (AvgIpc) is 2.51. The summed E-state index contributed by atoms with van der Waals surface area (Å²) < 4.78 is 10.8. The molecular formula is C17H23NO4. The molecule has 0 fully saturated rings. The van der Waals surface area contributed by atoms with Gasteiger partial charge in [0.2, 0.25) is 5.91 Å². The zero-order chi connectivity index (χ0) is 15.9. The van der Waals surface area contributed by atoms with Crippen LogP contribution in [0.4, 0.5) is 5.69 Å². The minimum atomic E-state index is -0.641. The zero-order valence-electron chi connectivity index (χ0n) is 13.2. The molecule has 1 atom stereocenters. The van der Waals surface area contributed by atoms with Crippen LogP contribution in [0, 0.1) is 0 Å². The molecule has 0 radical (unpaired) electrons. The summed E-state index contributed by atoms with van der Waals surface area (Å²) >= 11 is 0. The highest BCUT2D eigenvalue weighted by molar-refractivity contribution is 5.94. The van der Waals surface area contributed by atoms with Gasteiger partial charge in [-0.1, -0.05) is 19.8 Å². The number of hydrogen-bond donors (Lipinski definition) is 1. The van der Waals surface area contributed by atoms with Crippen molar-refractivity contribution in [1.82, 2.24) is 0 Å². The van der Waals surface area contributed by atoms with Crippen LogP contribution >= 0.6 is 0 Å². The molecule has 1 heterocycles. The highest BCUT2D eigenvalue weighted by Gasteiger charge is 2.19. The molecule has 0 aromatic heterocycles. The number of aryl methyl sites for hydroxylation is 1. The van der Waals surface area contributed by atoms with E-state index in [1.807, 2.05) is 6.07 Å². The Morgan fingerprint density at radius 3 is 2.91 bits per heavy atom. The first kappa shape index (κ1) is 16.3. The summed E-state index contributed by atoms with van der Waals surface area (Å²) in [5.41, 5.74) is 1.85. The monoisotopic (exact) mass is 305 g/mol. The summed E-state index contributed by atoms with van der Waals surface area (Å²) in [6, 6.07) is 5.43. The quantitative estimate of drug-likeness (QED) is 0.621. The fraction of sp³-hybridized carbons (Fsp3) is 0.529. The van der Waals surface area contributed by atoms with Gasteiger partial charge >= 0.3 is 5.97 Å². The van der Waals surface area contributed by atoms with Crippen LogP contribution in [0.15, 0.2) is 18.2 Å². The third kappa shape index (κ3) is 4.48. The van der Waals surface area contributed by atoms with Crippen LogP contribution in [0.5, 0.6) is 5.75 Å². The Bertz CT molecular complexity index is 541. The number of amides is 1. The topological polar surface area (TPSA) is 64.6 Å². The van der Waals surface area contributed by atoms with Crippen molar-refractivity contribution in [2.45, 2.75) is 52.1 Å². The lowest BCUT2D eigenvalue weighted by Gasteiger charge is -2.19. The van der Waals surface area contributed by atoms with Crippen molar-refractivity contribution in [3.05, 3.63) is 23.8 Å². The molecule has 2 rings (SSSR count). The number of anilines is 1. The van der Waals surface area contributed by atoms with Gasteiger partial charge in [0.1, 0.15) is 5.75 Å². The van der Waals surface area contributed by atoms with Crippen molar-refractivity contribution < 1.29 is 19.1 Å². The van der Waals surface area contributed by atoms with Crippen molar-refractivity contribution in [1.29, 1.82) is 0 Å². The fourth-order valence-electron chi connectivity index (χ4n) is 2.33. The molecule has 5 heteroatoms. The third-order valence-electron chi connectivity index (χ3n) is 3.61. The normalized spacial score (nSPS) is 14.7. The van der Waals surface area contributed by atoms with E-state index in [0.717, 1.165) is 30.5 Å². The summed E-state index contributed by atoms with van der Waals surface area (Å²) in [6.45, 7) is 4.23. The van der Waals surface area contributed by atoms with Crippen LogP contribution in [-0.2, 0) is 20.7 Å². The zero-order valence-corrected chi connectivity index (χ0v) is 13.2. The summed E-state index contributed by atoms with van der Waals surface area (Å²) in [6.07, 6.45) is 3.56. The Hall–Kier alpha value is -2.04. The number of hydrogen-bond acceptors (Lipinski definition) is 4. The van der Waals surface area contributed by atoms with Crippen LogP contribution in [-0.4, -0.2) is 24.6 Å². The molecule has 1 aliphatic heterocycles. The standard InChI is InChI=1S/C17H23NO4/c1-3-4-5-10-21-17(20)12(2)22-14-7-8-15-13(11-14)6-9-16(19)18-15/h7-8,11-12H,3-6,9-10H2,1-2H3,(H,18,19). The lowest BCUT2D eigenvalue weighted by atomic mass is 10.0. The van der Waals surface area contributed by atoms with Gasteiger partial charge in [-0.3, -0.25) is 4.79 Å². The number of fused-ring (bicyclic) bond motifs is 1. The minimum absolute atomic E-state index is 0.0326. The first-order valence-corrected chi connectivity index (χ1v) is 7.86. The Morgan fingerprint density at radius 1 is 1.32 bits per heavy atom. The molecule has 0 bridgehead atoms. The van der Waals surface area contributed by atoms with Crippen molar-refractivity contribution in [3.8, 4) is 5.75 Å². The summed E-state index contributed by atoms with van der Waals surface area (Å²) in [4.78, 5) is 23.2. The maximum atomic E-state index is 11.8. The molecule has 120 valence electrons. The number of carbonyl (C=O) groups is 2. The molecule has 1 aromatic rings. The molecule has 1 unspecified atom stereocenters. The minimum Gasteiger partial charge on any atom is -0.479 e. The Morgan fingerprint density at radius 2 is 2.14 bits per heavy atom. The van der Waals surface area contributed by atoms with Crippen molar-refractivity contribution in [2.24, 2.45) is 0 Å². The summed E-state index contributed by atoms with van der Waals surface area (Å²) in [7, 11) is 0. The van der Waals surface area contributed by atoms with E-state index in [1.165, 1.54) is 0 Å². The van der Waals surface area contributed by atoms with Gasteiger partial charge in [0.05, 0.1) is 6.61 Å². The average molecular weight is 305 g/mol. The second-order valence-corrected chi connectivity index (χ2v) is 5.50. The number of unbranched alkanes of at least 4 members (excludes halogenated alkanes) is 2. The number of rotatable bonds is 7. The Labute approximate surface area is 131 Å². The molecule has 1 amide bonds. The van der Waals surface area contributed by atoms with Crippen molar-refractivity contribution >= 4 is 17.6 Å². The molecule has 1 N–H and O–H groups in total. The Kier molecular flexibility index (Phi) is 5.81. The predicted octanol–water partition coefficient (Wildman–Crippen LogP) is 3.07. The predicted molar refractivity (Wildman–Crippen MR) is 84.0 cm³/mol. The molecule has 1 aromatic carbocycles. The van der Waals surface area contributed by atoms with Crippen molar-refractivity contribution in [3.63, 3.8) is 0 Å². The lowest BCUT2D eigenvalue weighted by Crippen LogP contribution is -2.26. The van der Waals surface area contributed by atoms with Crippen LogP contribution in [0.1, 0.15) is 45.1 Å². The lowest BCUT2D eigenvalue weighted by molar-refractivity contribution is -0.151. The van der Waals surface area contributed by atoms with Gasteiger partial charge in [-0.25, -0.2) is 4.79 Å². The van der Waals surface area contributed by atoms with Gasteiger partial charge in [-0.2, -0.15) is 0 Å². The van der Waals surface area contributed by atoms with E-state index in [9.17, 15) is 9.59 Å². The molecule has 0 spiro atoms. The summed E-state index contributed by atoms with van der Waals surface area (Å²) in [5, 5.41) is 2.82. The van der Waals surface area contributed by atoms with E-state index < -0.39 is 6.10 Å². The smallest absolute Gasteiger partial charge is 0.347 e. The van der Waals surface area contributed by atoms with Crippen LogP contribution < -0.4 is 10.1 Å². The van der Waals surface area contributed by atoms with Crippen molar-refractivity contribution in [2.75, 3.05) is 11.9 Å². The number of carbonyl (C=O) groups excluding carboxylic acids is 2. The number of benzene rings is 1. The molecule has 0 aliphatic carbocycles. The second kappa shape index (κ2) is 7.82. The summed E-state index contributed by atoms with van der Waals surface area (Å²) in [5.74, 6) is 0.306. The van der Waals surface area contributed by atoms with E-state index in [0.29, 0.717) is 25.2 Å². The first-order valence-electron chi connectivity index (χ1n) is 7.86. The van der Waals surface area contributed by atoms with E-state index in [-0.39, 0.29) is 11.9 Å². The number of ether oxygens (including phenoxy) is 2. The van der Waals surface area contributed by atoms with Crippen LogP contribution in [0.2, 0.25) is 0 Å². The highest BCUT2D eigenvalue weighted by Crippen LogP contribution is 2.27. The molecule has 0 saturated heterocycles. The SMILES string of the molecule is CCCCCOC(=O)C(C)Oc1ccc2c(c1)CCC(=O)N2. The van der Waals surface area contributed by atoms with E-state index in [2.05, 4.69) is 12.2 Å². The van der Waals surface area contributed by atoms with Crippen LogP contribution in [0.3, 0.4) is 0 Å². The molecule has 0 saturated carbocycles. The molecule has 5 nitrogen and oxygen atoms in total. The number of nitrogens with one attached hydrogen (secondary N) is 1. The van der Waals surface area contributed by atoms with Gasteiger partial charge in [0.15, 0.2) is 6.10 Å². The van der Waals surface area contributed by atoms with Gasteiger partial charge in [0.25, 0.3) is 0 Å². The fourth-order valence-corrected chi connectivity index (χ4v) is 2.33. The largest absolute Gasteiger partial charge is 0.479 e. The maximum absolute atomic E-state index is 11.8. The molecular weight excluding hydrogens is 282 g/mol. The third-order valence-corrected chi connectivity index (χ3v) is 3.61.